The fourth-order valence-electron chi connectivity index (χ4n) is 2.38. The first-order valence-corrected chi connectivity index (χ1v) is 6.35. The van der Waals surface area contributed by atoms with E-state index in [9.17, 15) is 14.3 Å². The van der Waals surface area contributed by atoms with E-state index in [0.717, 1.165) is 0 Å². The van der Waals surface area contributed by atoms with Crippen molar-refractivity contribution in [3.05, 3.63) is 65.8 Å². The Hall–Kier alpha value is -2.69. The van der Waals surface area contributed by atoms with Gasteiger partial charge in [0.15, 0.2) is 12.0 Å². The van der Waals surface area contributed by atoms with E-state index < -0.39 is 17.2 Å². The Bertz CT molecular complexity index is 827. The Kier molecular flexibility index (Phi) is 2.97. The van der Waals surface area contributed by atoms with Gasteiger partial charge in [-0.3, -0.25) is 4.79 Å². The number of carboxylic acids is 1. The van der Waals surface area contributed by atoms with Gasteiger partial charge in [0.05, 0.1) is 0 Å². The molecule has 5 heteroatoms. The zero-order chi connectivity index (χ0) is 15.0. The SMILES string of the molecule is CC(C(=O)O)(c1cccc(F)c1)c1ccc2ocnc2c1. The molecule has 3 rings (SSSR count). The summed E-state index contributed by atoms with van der Waals surface area (Å²) in [5.74, 6) is -1.53. The number of hydrogen-bond donors (Lipinski definition) is 1. The van der Waals surface area contributed by atoms with E-state index in [2.05, 4.69) is 4.98 Å². The summed E-state index contributed by atoms with van der Waals surface area (Å²) in [4.78, 5) is 15.9. The van der Waals surface area contributed by atoms with Crippen LogP contribution in [0, 0.1) is 5.82 Å². The van der Waals surface area contributed by atoms with Gasteiger partial charge in [-0.05, 0) is 42.3 Å². The Morgan fingerprint density at radius 1 is 1.24 bits per heavy atom. The number of oxazole rings is 1. The molecular formula is C16H12FNO3. The number of rotatable bonds is 3. The maximum atomic E-state index is 13.5. The molecule has 0 fully saturated rings. The molecule has 3 aromatic rings. The first-order valence-electron chi connectivity index (χ1n) is 6.35. The van der Waals surface area contributed by atoms with Gasteiger partial charge in [-0.1, -0.05) is 18.2 Å². The maximum Gasteiger partial charge on any atom is 0.318 e. The molecule has 0 bridgehead atoms. The fourth-order valence-corrected chi connectivity index (χ4v) is 2.38. The summed E-state index contributed by atoms with van der Waals surface area (Å²) in [5, 5.41) is 9.69. The van der Waals surface area contributed by atoms with E-state index in [1.165, 1.54) is 24.6 Å². The quantitative estimate of drug-likeness (QED) is 0.801. The van der Waals surface area contributed by atoms with Crippen molar-refractivity contribution in [1.29, 1.82) is 0 Å². The molecule has 1 atom stereocenters. The third-order valence-electron chi connectivity index (χ3n) is 3.74. The predicted octanol–water partition coefficient (Wildman–Crippen LogP) is 3.36. The summed E-state index contributed by atoms with van der Waals surface area (Å²) in [5.41, 5.74) is 0.664. The van der Waals surface area contributed by atoms with Gasteiger partial charge in [0.1, 0.15) is 16.7 Å². The van der Waals surface area contributed by atoms with Crippen LogP contribution >= 0.6 is 0 Å². The van der Waals surface area contributed by atoms with E-state index in [1.807, 2.05) is 0 Å². The van der Waals surface area contributed by atoms with Crippen LogP contribution in [0.1, 0.15) is 18.1 Å². The third kappa shape index (κ3) is 2.07. The number of fused-ring (bicyclic) bond motifs is 1. The standard InChI is InChI=1S/C16H12FNO3/c1-16(15(19)20,10-3-2-4-12(17)7-10)11-5-6-14-13(8-11)18-9-21-14/h2-9H,1H3,(H,19,20). The monoisotopic (exact) mass is 285 g/mol. The minimum Gasteiger partial charge on any atom is -0.480 e. The second-order valence-corrected chi connectivity index (χ2v) is 4.98. The van der Waals surface area contributed by atoms with Crippen LogP contribution in [-0.2, 0) is 10.2 Å². The summed E-state index contributed by atoms with van der Waals surface area (Å²) in [6, 6.07) is 10.6. The van der Waals surface area contributed by atoms with Crippen LogP contribution in [0.15, 0.2) is 53.3 Å². The lowest BCUT2D eigenvalue weighted by molar-refractivity contribution is -0.141. The van der Waals surface area contributed by atoms with Crippen LogP contribution in [0.25, 0.3) is 11.1 Å². The molecular weight excluding hydrogens is 273 g/mol. The van der Waals surface area contributed by atoms with E-state index >= 15 is 0 Å². The number of carboxylic acid groups (broad SMARTS) is 1. The van der Waals surface area contributed by atoms with Gasteiger partial charge in [-0.2, -0.15) is 0 Å². The molecule has 0 amide bonds. The molecule has 0 radical (unpaired) electrons. The predicted molar refractivity (Wildman–Crippen MR) is 74.5 cm³/mol. The molecule has 0 aliphatic rings. The number of hydrogen-bond acceptors (Lipinski definition) is 3. The largest absolute Gasteiger partial charge is 0.480 e. The second-order valence-electron chi connectivity index (χ2n) is 4.98. The fraction of sp³-hybridized carbons (Fsp3) is 0.125. The summed E-state index contributed by atoms with van der Waals surface area (Å²) in [6.07, 6.45) is 1.30. The number of nitrogens with zero attached hydrogens (tertiary/aromatic N) is 1. The number of aromatic nitrogens is 1. The van der Waals surface area contributed by atoms with Gasteiger partial charge in [-0.15, -0.1) is 0 Å². The van der Waals surface area contributed by atoms with Gasteiger partial charge in [0.2, 0.25) is 0 Å². The highest BCUT2D eigenvalue weighted by atomic mass is 19.1. The third-order valence-corrected chi connectivity index (χ3v) is 3.74. The van der Waals surface area contributed by atoms with Crippen molar-refractivity contribution in [3.8, 4) is 0 Å². The first kappa shape index (κ1) is 13.3. The van der Waals surface area contributed by atoms with Crippen molar-refractivity contribution in [2.24, 2.45) is 0 Å². The van der Waals surface area contributed by atoms with Crippen molar-refractivity contribution in [1.82, 2.24) is 4.98 Å². The lowest BCUT2D eigenvalue weighted by Gasteiger charge is -2.26. The molecule has 4 nitrogen and oxygen atoms in total. The van der Waals surface area contributed by atoms with E-state index in [4.69, 9.17) is 4.42 Å². The van der Waals surface area contributed by atoms with Gasteiger partial charge in [0, 0.05) is 0 Å². The Morgan fingerprint density at radius 3 is 2.71 bits per heavy atom. The average Bonchev–Trinajstić information content (AvgIpc) is 2.93. The minimum atomic E-state index is -1.37. The topological polar surface area (TPSA) is 63.3 Å². The van der Waals surface area contributed by atoms with E-state index in [-0.39, 0.29) is 0 Å². The molecule has 0 spiro atoms. The molecule has 2 aromatic carbocycles. The van der Waals surface area contributed by atoms with Crippen LogP contribution in [0.5, 0.6) is 0 Å². The molecule has 106 valence electrons. The Balaban J connectivity index is 2.23. The van der Waals surface area contributed by atoms with Crippen LogP contribution < -0.4 is 0 Å². The Morgan fingerprint density at radius 2 is 2.00 bits per heavy atom. The van der Waals surface area contributed by atoms with E-state index in [1.54, 1.807) is 31.2 Å². The van der Waals surface area contributed by atoms with Gasteiger partial charge < -0.3 is 9.52 Å². The van der Waals surface area contributed by atoms with Crippen molar-refractivity contribution in [2.75, 3.05) is 0 Å². The average molecular weight is 285 g/mol. The summed E-state index contributed by atoms with van der Waals surface area (Å²) in [7, 11) is 0. The number of aliphatic carboxylic acids is 1. The molecule has 21 heavy (non-hydrogen) atoms. The number of benzene rings is 2. The molecule has 0 saturated carbocycles. The highest BCUT2D eigenvalue weighted by Gasteiger charge is 2.37. The zero-order valence-electron chi connectivity index (χ0n) is 11.2. The molecule has 1 aromatic heterocycles. The highest BCUT2D eigenvalue weighted by molar-refractivity contribution is 5.87. The van der Waals surface area contributed by atoms with Crippen LogP contribution in [0.3, 0.4) is 0 Å². The van der Waals surface area contributed by atoms with Gasteiger partial charge >= 0.3 is 5.97 Å². The van der Waals surface area contributed by atoms with Crippen molar-refractivity contribution < 1.29 is 18.7 Å². The molecule has 0 saturated heterocycles. The van der Waals surface area contributed by atoms with Crippen LogP contribution in [0.4, 0.5) is 4.39 Å². The summed E-state index contributed by atoms with van der Waals surface area (Å²) >= 11 is 0. The number of halogens is 1. The molecule has 1 N–H and O–H groups in total. The van der Waals surface area contributed by atoms with Gasteiger partial charge in [0.25, 0.3) is 0 Å². The Labute approximate surface area is 119 Å². The minimum absolute atomic E-state index is 0.373. The molecule has 0 aliphatic heterocycles. The van der Waals surface area contributed by atoms with Crippen molar-refractivity contribution in [2.45, 2.75) is 12.3 Å². The first-order chi connectivity index (χ1) is 10.0. The summed E-state index contributed by atoms with van der Waals surface area (Å²) < 4.78 is 18.6. The number of carbonyl (C=O) groups is 1. The molecule has 1 unspecified atom stereocenters. The van der Waals surface area contributed by atoms with Gasteiger partial charge in [-0.25, -0.2) is 9.37 Å². The lowest BCUT2D eigenvalue weighted by Crippen LogP contribution is -2.33. The molecule has 1 heterocycles. The normalized spacial score (nSPS) is 14.0. The highest BCUT2D eigenvalue weighted by Crippen LogP contribution is 2.34. The molecule has 0 aliphatic carbocycles. The van der Waals surface area contributed by atoms with Crippen LogP contribution in [-0.4, -0.2) is 16.1 Å². The zero-order valence-corrected chi connectivity index (χ0v) is 11.2. The van der Waals surface area contributed by atoms with Crippen molar-refractivity contribution >= 4 is 17.1 Å². The summed E-state index contributed by atoms with van der Waals surface area (Å²) in [6.45, 7) is 1.55. The second kappa shape index (κ2) is 4.70. The smallest absolute Gasteiger partial charge is 0.318 e. The maximum absolute atomic E-state index is 13.5. The van der Waals surface area contributed by atoms with Crippen LogP contribution in [0.2, 0.25) is 0 Å². The van der Waals surface area contributed by atoms with Crippen molar-refractivity contribution in [3.63, 3.8) is 0 Å². The lowest BCUT2D eigenvalue weighted by atomic mass is 9.76. The van der Waals surface area contributed by atoms with E-state index in [0.29, 0.717) is 22.2 Å².